The third kappa shape index (κ3) is 6.24. The van der Waals surface area contributed by atoms with Gasteiger partial charge in [0.05, 0.1) is 12.2 Å². The molecule has 5 heteroatoms. The zero-order valence-corrected chi connectivity index (χ0v) is 15.9. The van der Waals surface area contributed by atoms with Crippen molar-refractivity contribution in [2.24, 2.45) is 0 Å². The predicted octanol–water partition coefficient (Wildman–Crippen LogP) is 3.70. The van der Waals surface area contributed by atoms with Gasteiger partial charge in [0.2, 0.25) is 0 Å². The number of hydrogen-bond acceptors (Lipinski definition) is 3. The molecule has 5 nitrogen and oxygen atoms in total. The van der Waals surface area contributed by atoms with Crippen molar-refractivity contribution in [2.45, 2.75) is 77.2 Å². The molecule has 1 aromatic rings. The van der Waals surface area contributed by atoms with Crippen molar-refractivity contribution in [3.8, 4) is 5.75 Å². The van der Waals surface area contributed by atoms with Gasteiger partial charge in [-0.3, -0.25) is 0 Å². The van der Waals surface area contributed by atoms with Crippen molar-refractivity contribution < 1.29 is 14.6 Å². The van der Waals surface area contributed by atoms with Crippen molar-refractivity contribution >= 4 is 6.03 Å². The first-order chi connectivity index (χ1) is 11.8. The zero-order chi connectivity index (χ0) is 18.4. The summed E-state index contributed by atoms with van der Waals surface area (Å²) in [5.74, 6) is 0.263. The first-order valence-electron chi connectivity index (χ1n) is 9.32. The largest absolute Gasteiger partial charge is 0.508 e. The first kappa shape index (κ1) is 19.6. The number of hydrogen-bond donors (Lipinski definition) is 2. The van der Waals surface area contributed by atoms with E-state index in [2.05, 4.69) is 19.2 Å². The number of aromatic hydroxyl groups is 1. The number of rotatable bonds is 6. The molecule has 1 aliphatic rings. The van der Waals surface area contributed by atoms with Crippen LogP contribution in [0.4, 0.5) is 4.79 Å². The molecule has 0 saturated heterocycles. The third-order valence-electron chi connectivity index (χ3n) is 4.92. The Morgan fingerprint density at radius 3 is 2.36 bits per heavy atom. The molecule has 2 amide bonds. The molecule has 0 bridgehead atoms. The molecule has 1 aliphatic carbocycles. The van der Waals surface area contributed by atoms with E-state index in [-0.39, 0.29) is 30.0 Å². The molecule has 1 atom stereocenters. The van der Waals surface area contributed by atoms with Crippen LogP contribution in [0, 0.1) is 0 Å². The van der Waals surface area contributed by atoms with Crippen molar-refractivity contribution in [1.82, 2.24) is 10.2 Å². The third-order valence-corrected chi connectivity index (χ3v) is 4.92. The fourth-order valence-electron chi connectivity index (χ4n) is 3.31. The maximum absolute atomic E-state index is 12.5. The molecule has 0 radical (unpaired) electrons. The summed E-state index contributed by atoms with van der Waals surface area (Å²) in [6.45, 7) is 6.18. The van der Waals surface area contributed by atoms with Gasteiger partial charge in [-0.2, -0.15) is 0 Å². The fraction of sp³-hybridized carbons (Fsp3) is 0.650. The molecule has 2 rings (SSSR count). The highest BCUT2D eigenvalue weighted by Crippen LogP contribution is 2.22. The summed E-state index contributed by atoms with van der Waals surface area (Å²) in [5.41, 5.74) is 1.11. The monoisotopic (exact) mass is 348 g/mol. The van der Waals surface area contributed by atoms with Crippen LogP contribution in [0.2, 0.25) is 0 Å². The van der Waals surface area contributed by atoms with Crippen LogP contribution in [-0.4, -0.2) is 47.4 Å². The molecule has 0 unspecified atom stereocenters. The maximum Gasteiger partial charge on any atom is 0.317 e. The Labute approximate surface area is 151 Å². The number of phenols is 1. The Kier molecular flexibility index (Phi) is 7.12. The number of nitrogens with one attached hydrogen (secondary N) is 1. The number of amides is 2. The van der Waals surface area contributed by atoms with Crippen LogP contribution in [0.25, 0.3) is 0 Å². The van der Waals surface area contributed by atoms with Crippen molar-refractivity contribution in [2.75, 3.05) is 7.05 Å². The number of nitrogens with zero attached hydrogens (tertiary/aromatic N) is 1. The Balaban J connectivity index is 1.77. The van der Waals surface area contributed by atoms with Crippen LogP contribution in [-0.2, 0) is 11.2 Å². The standard InChI is InChI=1S/C20H32N2O3/c1-14(2)25-19-11-7-17(8-12-19)21-20(24)22(4)15(3)13-16-5-9-18(23)10-6-16/h5-6,9-10,14-15,17,19,23H,7-8,11-13H2,1-4H3,(H,21,24)/t15-,17?,19?/m0/s1. The number of phenolic OH excluding ortho intramolecular Hbond substituents is 1. The zero-order valence-electron chi connectivity index (χ0n) is 15.9. The predicted molar refractivity (Wildman–Crippen MR) is 99.8 cm³/mol. The first-order valence-corrected chi connectivity index (χ1v) is 9.32. The van der Waals surface area contributed by atoms with Crippen LogP contribution >= 0.6 is 0 Å². The molecule has 1 fully saturated rings. The van der Waals surface area contributed by atoms with Gasteiger partial charge in [-0.25, -0.2) is 4.79 Å². The van der Waals surface area contributed by atoms with Crippen LogP contribution in [0.1, 0.15) is 52.0 Å². The van der Waals surface area contributed by atoms with Gasteiger partial charge < -0.3 is 20.1 Å². The van der Waals surface area contributed by atoms with Gasteiger partial charge >= 0.3 is 6.03 Å². The molecule has 140 valence electrons. The summed E-state index contributed by atoms with van der Waals surface area (Å²) in [4.78, 5) is 14.3. The van der Waals surface area contributed by atoms with Crippen molar-refractivity contribution in [3.63, 3.8) is 0 Å². The number of carbonyl (C=O) groups excluding carboxylic acids is 1. The van der Waals surface area contributed by atoms with Gasteiger partial charge in [0, 0.05) is 19.1 Å². The summed E-state index contributed by atoms with van der Waals surface area (Å²) in [6.07, 6.45) is 5.33. The van der Waals surface area contributed by atoms with Gasteiger partial charge in [-0.15, -0.1) is 0 Å². The van der Waals surface area contributed by atoms with E-state index in [1.54, 1.807) is 17.0 Å². The summed E-state index contributed by atoms with van der Waals surface area (Å²) in [5, 5.41) is 12.5. The molecule has 1 aromatic carbocycles. The molecular weight excluding hydrogens is 316 g/mol. The molecule has 1 saturated carbocycles. The second kappa shape index (κ2) is 9.09. The van der Waals surface area contributed by atoms with E-state index in [0.29, 0.717) is 6.10 Å². The number of ether oxygens (including phenoxy) is 1. The van der Waals surface area contributed by atoms with E-state index in [4.69, 9.17) is 4.74 Å². The Bertz CT molecular complexity index is 536. The highest BCUT2D eigenvalue weighted by atomic mass is 16.5. The van der Waals surface area contributed by atoms with Crippen molar-refractivity contribution in [3.05, 3.63) is 29.8 Å². The highest BCUT2D eigenvalue weighted by molar-refractivity contribution is 5.74. The van der Waals surface area contributed by atoms with E-state index in [1.165, 1.54) is 0 Å². The summed E-state index contributed by atoms with van der Waals surface area (Å²) >= 11 is 0. The molecule has 0 spiro atoms. The molecule has 0 aromatic heterocycles. The highest BCUT2D eigenvalue weighted by Gasteiger charge is 2.25. The van der Waals surface area contributed by atoms with E-state index in [0.717, 1.165) is 37.7 Å². The maximum atomic E-state index is 12.5. The number of benzene rings is 1. The van der Waals surface area contributed by atoms with Crippen molar-refractivity contribution in [1.29, 1.82) is 0 Å². The average Bonchev–Trinajstić information content (AvgIpc) is 2.57. The smallest absolute Gasteiger partial charge is 0.317 e. The lowest BCUT2D eigenvalue weighted by Crippen LogP contribution is -2.48. The normalized spacial score (nSPS) is 21.8. The lowest BCUT2D eigenvalue weighted by molar-refractivity contribution is -0.0158. The van der Waals surface area contributed by atoms with E-state index < -0.39 is 0 Å². The fourth-order valence-corrected chi connectivity index (χ4v) is 3.31. The lowest BCUT2D eigenvalue weighted by Gasteiger charge is -2.32. The Hall–Kier alpha value is -1.75. The van der Waals surface area contributed by atoms with Gasteiger partial charge in [0.1, 0.15) is 5.75 Å². The molecule has 25 heavy (non-hydrogen) atoms. The summed E-state index contributed by atoms with van der Waals surface area (Å²) < 4.78 is 5.86. The van der Waals surface area contributed by atoms with Crippen LogP contribution in [0.5, 0.6) is 5.75 Å². The summed E-state index contributed by atoms with van der Waals surface area (Å²) in [6, 6.07) is 7.47. The number of carbonyl (C=O) groups is 1. The SMILES string of the molecule is CC(C)OC1CCC(NC(=O)N(C)[C@@H](C)Cc2ccc(O)cc2)CC1. The topological polar surface area (TPSA) is 61.8 Å². The van der Waals surface area contributed by atoms with Crippen LogP contribution in [0.3, 0.4) is 0 Å². The lowest BCUT2D eigenvalue weighted by atomic mass is 9.93. The summed E-state index contributed by atoms with van der Waals surface area (Å²) in [7, 11) is 1.84. The quantitative estimate of drug-likeness (QED) is 0.824. The molecule has 0 aliphatic heterocycles. The van der Waals surface area contributed by atoms with E-state index >= 15 is 0 Å². The Morgan fingerprint density at radius 1 is 1.20 bits per heavy atom. The minimum atomic E-state index is -0.0143. The van der Waals surface area contributed by atoms with Gasteiger partial charge in [0.25, 0.3) is 0 Å². The Morgan fingerprint density at radius 2 is 1.80 bits per heavy atom. The van der Waals surface area contributed by atoms with Gasteiger partial charge in [0.15, 0.2) is 0 Å². The number of urea groups is 1. The molecular formula is C20H32N2O3. The molecule has 2 N–H and O–H groups in total. The second-order valence-corrected chi connectivity index (χ2v) is 7.44. The average molecular weight is 348 g/mol. The van der Waals surface area contributed by atoms with Gasteiger partial charge in [-0.1, -0.05) is 12.1 Å². The van der Waals surface area contributed by atoms with Crippen LogP contribution < -0.4 is 5.32 Å². The van der Waals surface area contributed by atoms with E-state index in [1.807, 2.05) is 26.1 Å². The van der Waals surface area contributed by atoms with Gasteiger partial charge in [-0.05, 0) is 70.6 Å². The second-order valence-electron chi connectivity index (χ2n) is 7.44. The van der Waals surface area contributed by atoms with Crippen LogP contribution in [0.15, 0.2) is 24.3 Å². The minimum Gasteiger partial charge on any atom is -0.508 e. The minimum absolute atomic E-state index is 0.0143. The molecule has 0 heterocycles. The number of likely N-dealkylation sites (N-methyl/N-ethyl adjacent to an activating group) is 1. The van der Waals surface area contributed by atoms with E-state index in [9.17, 15) is 9.90 Å².